The molecule has 1 aliphatic rings. The van der Waals surface area contributed by atoms with Crippen LogP contribution in [-0.4, -0.2) is 39.9 Å². The van der Waals surface area contributed by atoms with Crippen LogP contribution in [0.5, 0.6) is 0 Å². The molecule has 0 spiro atoms. The predicted molar refractivity (Wildman–Crippen MR) is 65.9 cm³/mol. The van der Waals surface area contributed by atoms with Crippen LogP contribution in [0, 0.1) is 0 Å². The van der Waals surface area contributed by atoms with E-state index in [1.54, 1.807) is 12.3 Å². The van der Waals surface area contributed by atoms with E-state index in [0.29, 0.717) is 11.6 Å². The van der Waals surface area contributed by atoms with Gasteiger partial charge in [0.2, 0.25) is 5.95 Å². The van der Waals surface area contributed by atoms with Crippen LogP contribution in [0.2, 0.25) is 0 Å². The highest BCUT2D eigenvalue weighted by Gasteiger charge is 2.20. The summed E-state index contributed by atoms with van der Waals surface area (Å²) in [6.07, 6.45) is 3.81. The Labute approximate surface area is 101 Å². The van der Waals surface area contributed by atoms with Gasteiger partial charge < -0.3 is 10.2 Å². The van der Waals surface area contributed by atoms with Gasteiger partial charge in [-0.2, -0.15) is 0 Å². The first-order chi connectivity index (χ1) is 8.16. The molecule has 2 rings (SSSR count). The largest absolute Gasteiger partial charge is 0.352 e. The maximum Gasteiger partial charge on any atom is 0.272 e. The normalized spacial score (nSPS) is 15.4. The number of anilines is 1. The number of carbonyl (C=O) groups is 1. The van der Waals surface area contributed by atoms with E-state index < -0.39 is 0 Å². The third-order valence-electron chi connectivity index (χ3n) is 2.69. The topological polar surface area (TPSA) is 58.1 Å². The van der Waals surface area contributed by atoms with Gasteiger partial charge in [0.15, 0.2) is 0 Å². The number of aromatic nitrogens is 2. The minimum Gasteiger partial charge on any atom is -0.352 e. The molecule has 0 radical (unpaired) electrons. The van der Waals surface area contributed by atoms with Crippen LogP contribution in [0.3, 0.4) is 0 Å². The Balaban J connectivity index is 2.12. The Hall–Kier alpha value is -1.65. The third-order valence-corrected chi connectivity index (χ3v) is 2.69. The standard InChI is InChI=1S/C12H18N4O/c1-9(2)14-12-13-6-5-10(15-12)11(17)16-7-3-4-8-16/h5-6,9H,3-4,7-8H2,1-2H3,(H,13,14,15). The van der Waals surface area contributed by atoms with E-state index in [0.717, 1.165) is 25.9 Å². The molecule has 0 saturated carbocycles. The molecule has 1 aliphatic heterocycles. The number of nitrogens with zero attached hydrogens (tertiary/aromatic N) is 3. The van der Waals surface area contributed by atoms with Crippen LogP contribution in [0.4, 0.5) is 5.95 Å². The number of likely N-dealkylation sites (tertiary alicyclic amines) is 1. The average molecular weight is 234 g/mol. The molecule has 1 N–H and O–H groups in total. The predicted octanol–water partition coefficient (Wildman–Crippen LogP) is 1.53. The summed E-state index contributed by atoms with van der Waals surface area (Å²) in [7, 11) is 0. The van der Waals surface area contributed by atoms with Gasteiger partial charge in [0.25, 0.3) is 5.91 Å². The summed E-state index contributed by atoms with van der Waals surface area (Å²) in [5.74, 6) is 0.529. The molecule has 0 atom stereocenters. The summed E-state index contributed by atoms with van der Waals surface area (Å²) in [5.41, 5.74) is 0.477. The Morgan fingerprint density at radius 3 is 2.76 bits per heavy atom. The Morgan fingerprint density at radius 1 is 1.41 bits per heavy atom. The van der Waals surface area contributed by atoms with Gasteiger partial charge in [-0.15, -0.1) is 0 Å². The molecule has 1 aromatic rings. The van der Waals surface area contributed by atoms with Crippen LogP contribution in [0.15, 0.2) is 12.3 Å². The van der Waals surface area contributed by atoms with Crippen molar-refractivity contribution >= 4 is 11.9 Å². The third kappa shape index (κ3) is 2.93. The van der Waals surface area contributed by atoms with E-state index in [1.807, 2.05) is 18.7 Å². The number of amides is 1. The lowest BCUT2D eigenvalue weighted by atomic mass is 10.3. The van der Waals surface area contributed by atoms with Crippen molar-refractivity contribution in [2.24, 2.45) is 0 Å². The van der Waals surface area contributed by atoms with E-state index in [9.17, 15) is 4.79 Å². The van der Waals surface area contributed by atoms with Crippen molar-refractivity contribution in [2.45, 2.75) is 32.7 Å². The van der Waals surface area contributed by atoms with E-state index in [-0.39, 0.29) is 11.9 Å². The van der Waals surface area contributed by atoms with Gasteiger partial charge in [0.05, 0.1) is 0 Å². The Kier molecular flexibility index (Phi) is 3.56. The second-order valence-corrected chi connectivity index (χ2v) is 4.56. The van der Waals surface area contributed by atoms with Crippen LogP contribution in [0.1, 0.15) is 37.2 Å². The van der Waals surface area contributed by atoms with Crippen molar-refractivity contribution in [3.63, 3.8) is 0 Å². The maximum absolute atomic E-state index is 12.1. The molecule has 0 aliphatic carbocycles. The molecule has 1 fully saturated rings. The molecular weight excluding hydrogens is 216 g/mol. The van der Waals surface area contributed by atoms with Gasteiger partial charge >= 0.3 is 0 Å². The van der Waals surface area contributed by atoms with Crippen LogP contribution in [-0.2, 0) is 0 Å². The van der Waals surface area contributed by atoms with Gasteiger partial charge in [-0.25, -0.2) is 9.97 Å². The molecule has 1 amide bonds. The molecular formula is C12H18N4O. The first kappa shape index (κ1) is 11.8. The molecule has 0 aromatic carbocycles. The van der Waals surface area contributed by atoms with Gasteiger partial charge in [-0.1, -0.05) is 0 Å². The summed E-state index contributed by atoms with van der Waals surface area (Å²) >= 11 is 0. The van der Waals surface area contributed by atoms with Crippen LogP contribution >= 0.6 is 0 Å². The fourth-order valence-electron chi connectivity index (χ4n) is 1.89. The highest BCUT2D eigenvalue weighted by atomic mass is 16.2. The zero-order valence-electron chi connectivity index (χ0n) is 10.3. The zero-order valence-corrected chi connectivity index (χ0v) is 10.3. The van der Waals surface area contributed by atoms with E-state index in [4.69, 9.17) is 0 Å². The Bertz CT molecular complexity index is 399. The number of nitrogens with one attached hydrogen (secondary N) is 1. The lowest BCUT2D eigenvalue weighted by Crippen LogP contribution is -2.28. The number of carbonyl (C=O) groups excluding carboxylic acids is 1. The average Bonchev–Trinajstić information content (AvgIpc) is 2.81. The van der Waals surface area contributed by atoms with Crippen molar-refractivity contribution in [2.75, 3.05) is 18.4 Å². The molecule has 1 aromatic heterocycles. The fraction of sp³-hybridized carbons (Fsp3) is 0.583. The molecule has 1 saturated heterocycles. The Morgan fingerprint density at radius 2 is 2.12 bits per heavy atom. The van der Waals surface area contributed by atoms with Crippen molar-refractivity contribution in [1.29, 1.82) is 0 Å². The summed E-state index contributed by atoms with van der Waals surface area (Å²) in [4.78, 5) is 22.3. The summed E-state index contributed by atoms with van der Waals surface area (Å²) in [6.45, 7) is 5.71. The fourth-order valence-corrected chi connectivity index (χ4v) is 1.89. The van der Waals surface area contributed by atoms with Crippen molar-refractivity contribution in [1.82, 2.24) is 14.9 Å². The second-order valence-electron chi connectivity index (χ2n) is 4.56. The van der Waals surface area contributed by atoms with Gasteiger partial charge in [-0.3, -0.25) is 4.79 Å². The monoisotopic (exact) mass is 234 g/mol. The SMILES string of the molecule is CC(C)Nc1nccc(C(=O)N2CCCC2)n1. The second kappa shape index (κ2) is 5.12. The molecule has 5 nitrogen and oxygen atoms in total. The van der Waals surface area contributed by atoms with Gasteiger partial charge in [0.1, 0.15) is 5.69 Å². The molecule has 92 valence electrons. The molecule has 5 heteroatoms. The van der Waals surface area contributed by atoms with E-state index in [1.165, 1.54) is 0 Å². The minimum absolute atomic E-state index is 0.0108. The van der Waals surface area contributed by atoms with Gasteiger partial charge in [0, 0.05) is 25.3 Å². The number of hydrogen-bond acceptors (Lipinski definition) is 4. The number of hydrogen-bond donors (Lipinski definition) is 1. The van der Waals surface area contributed by atoms with Crippen molar-refractivity contribution < 1.29 is 4.79 Å². The first-order valence-corrected chi connectivity index (χ1v) is 6.05. The lowest BCUT2D eigenvalue weighted by Gasteiger charge is -2.15. The molecule has 2 heterocycles. The van der Waals surface area contributed by atoms with Crippen molar-refractivity contribution in [3.05, 3.63) is 18.0 Å². The van der Waals surface area contributed by atoms with E-state index in [2.05, 4.69) is 15.3 Å². The molecule has 0 unspecified atom stereocenters. The van der Waals surface area contributed by atoms with E-state index >= 15 is 0 Å². The lowest BCUT2D eigenvalue weighted by molar-refractivity contribution is 0.0787. The molecule has 0 bridgehead atoms. The summed E-state index contributed by atoms with van der Waals surface area (Å²) < 4.78 is 0. The summed E-state index contributed by atoms with van der Waals surface area (Å²) in [6, 6.07) is 1.93. The first-order valence-electron chi connectivity index (χ1n) is 6.05. The number of rotatable bonds is 3. The highest BCUT2D eigenvalue weighted by Crippen LogP contribution is 2.12. The highest BCUT2D eigenvalue weighted by molar-refractivity contribution is 5.92. The quantitative estimate of drug-likeness (QED) is 0.861. The van der Waals surface area contributed by atoms with Crippen molar-refractivity contribution in [3.8, 4) is 0 Å². The smallest absolute Gasteiger partial charge is 0.272 e. The maximum atomic E-state index is 12.1. The van der Waals surface area contributed by atoms with Gasteiger partial charge in [-0.05, 0) is 32.8 Å². The zero-order chi connectivity index (χ0) is 12.3. The van der Waals surface area contributed by atoms with Crippen LogP contribution in [0.25, 0.3) is 0 Å². The molecule has 17 heavy (non-hydrogen) atoms. The minimum atomic E-state index is 0.0108. The van der Waals surface area contributed by atoms with Crippen LogP contribution < -0.4 is 5.32 Å². The summed E-state index contributed by atoms with van der Waals surface area (Å²) in [5, 5.41) is 3.10.